The smallest absolute Gasteiger partial charge is 0.283 e. The largest absolute Gasteiger partial charge is 0.348 e. The van der Waals surface area contributed by atoms with Gasteiger partial charge >= 0.3 is 0 Å². The number of para-hydroxylation sites is 1. The van der Waals surface area contributed by atoms with Gasteiger partial charge in [-0.2, -0.15) is 5.10 Å². The molecule has 0 saturated heterocycles. The van der Waals surface area contributed by atoms with Crippen molar-refractivity contribution in [2.75, 3.05) is 0 Å². The highest BCUT2D eigenvalue weighted by molar-refractivity contribution is 6.31. The Morgan fingerprint density at radius 2 is 1.81 bits per heavy atom. The molecule has 0 aliphatic rings. The van der Waals surface area contributed by atoms with Gasteiger partial charge in [-0.25, -0.2) is 9.07 Å². The van der Waals surface area contributed by atoms with E-state index in [1.807, 2.05) is 30.3 Å². The van der Waals surface area contributed by atoms with Gasteiger partial charge in [-0.15, -0.1) is 0 Å². The molecule has 1 aromatic heterocycles. The summed E-state index contributed by atoms with van der Waals surface area (Å²) in [4.78, 5) is 23.3. The van der Waals surface area contributed by atoms with Crippen molar-refractivity contribution < 1.29 is 14.1 Å². The van der Waals surface area contributed by atoms with E-state index in [1.165, 1.54) is 24.3 Å². The summed E-state index contributed by atoms with van der Waals surface area (Å²) in [6, 6.07) is 19.1. The maximum absolute atomic E-state index is 13.4. The maximum Gasteiger partial charge on any atom is 0.283 e. The average molecular weight is 451 g/mol. The molecule has 0 unspecified atom stereocenters. The maximum atomic E-state index is 13.4. The van der Waals surface area contributed by atoms with Crippen molar-refractivity contribution in [1.29, 1.82) is 0 Å². The summed E-state index contributed by atoms with van der Waals surface area (Å²) < 4.78 is 15.1. The lowest BCUT2D eigenvalue weighted by atomic mass is 10.1. The van der Waals surface area contributed by atoms with Crippen molar-refractivity contribution >= 4 is 23.2 Å². The Labute approximate surface area is 187 Å². The first-order chi connectivity index (χ1) is 15.4. The van der Waals surface area contributed by atoms with E-state index < -0.39 is 10.8 Å². The van der Waals surface area contributed by atoms with E-state index in [4.69, 9.17) is 11.6 Å². The molecule has 1 heterocycles. The van der Waals surface area contributed by atoms with Crippen LogP contribution >= 0.6 is 11.6 Å². The standard InChI is InChI=1S/C23H16ClFN4O3/c24-17-8-11-20(21(12-17)29(31)32)23(30)26-13-16-14-28(19-4-2-1-3-5-19)27-22(16)15-6-9-18(25)10-7-15/h1-12,14H,13H2,(H,26,30). The second-order valence-electron chi connectivity index (χ2n) is 6.89. The Morgan fingerprint density at radius 1 is 1.09 bits per heavy atom. The topological polar surface area (TPSA) is 90.1 Å². The van der Waals surface area contributed by atoms with Crippen LogP contribution in [0.25, 0.3) is 16.9 Å². The molecule has 9 heteroatoms. The highest BCUT2D eigenvalue weighted by Crippen LogP contribution is 2.26. The van der Waals surface area contributed by atoms with E-state index in [1.54, 1.807) is 23.0 Å². The minimum absolute atomic E-state index is 0.0537. The number of nitro benzene ring substituents is 1. The fraction of sp³-hybridized carbons (Fsp3) is 0.0435. The zero-order valence-corrected chi connectivity index (χ0v) is 17.3. The third kappa shape index (κ3) is 4.50. The van der Waals surface area contributed by atoms with Crippen LogP contribution in [0.5, 0.6) is 0 Å². The predicted octanol–water partition coefficient (Wildman–Crippen LogP) is 5.17. The first-order valence-electron chi connectivity index (χ1n) is 9.54. The Morgan fingerprint density at radius 3 is 2.50 bits per heavy atom. The number of nitrogens with one attached hydrogen (secondary N) is 1. The van der Waals surface area contributed by atoms with Crippen molar-refractivity contribution in [2.45, 2.75) is 6.54 Å². The van der Waals surface area contributed by atoms with Crippen LogP contribution in [0, 0.1) is 15.9 Å². The Kier molecular flexibility index (Phi) is 5.96. The van der Waals surface area contributed by atoms with Gasteiger partial charge in [-0.1, -0.05) is 29.8 Å². The van der Waals surface area contributed by atoms with Gasteiger partial charge in [-0.05, 0) is 48.5 Å². The molecule has 0 atom stereocenters. The van der Waals surface area contributed by atoms with Crippen LogP contribution in [-0.2, 0) is 6.54 Å². The van der Waals surface area contributed by atoms with Gasteiger partial charge in [0.25, 0.3) is 11.6 Å². The summed E-state index contributed by atoms with van der Waals surface area (Å²) in [7, 11) is 0. The Hall–Kier alpha value is -4.04. The number of nitro groups is 1. The molecule has 0 aliphatic carbocycles. The molecule has 32 heavy (non-hydrogen) atoms. The lowest BCUT2D eigenvalue weighted by Crippen LogP contribution is -2.23. The second-order valence-corrected chi connectivity index (χ2v) is 7.33. The fourth-order valence-corrected chi connectivity index (χ4v) is 3.39. The number of hydrogen-bond acceptors (Lipinski definition) is 4. The zero-order valence-electron chi connectivity index (χ0n) is 16.5. The molecule has 1 N–H and O–H groups in total. The zero-order chi connectivity index (χ0) is 22.7. The first-order valence-corrected chi connectivity index (χ1v) is 9.92. The molecule has 0 radical (unpaired) electrons. The van der Waals surface area contributed by atoms with Crippen LogP contribution < -0.4 is 5.32 Å². The molecule has 0 saturated carbocycles. The molecule has 4 rings (SSSR count). The lowest BCUT2D eigenvalue weighted by molar-refractivity contribution is -0.385. The number of aromatic nitrogens is 2. The van der Waals surface area contributed by atoms with Crippen LogP contribution in [0.3, 0.4) is 0 Å². The summed E-state index contributed by atoms with van der Waals surface area (Å²) >= 11 is 5.83. The summed E-state index contributed by atoms with van der Waals surface area (Å²) in [6.45, 7) is 0.0537. The predicted molar refractivity (Wildman–Crippen MR) is 118 cm³/mol. The van der Waals surface area contributed by atoms with Gasteiger partial charge in [0.1, 0.15) is 11.4 Å². The van der Waals surface area contributed by atoms with Crippen LogP contribution in [0.1, 0.15) is 15.9 Å². The van der Waals surface area contributed by atoms with E-state index in [2.05, 4.69) is 10.4 Å². The molecule has 0 bridgehead atoms. The van der Waals surface area contributed by atoms with Gasteiger partial charge in [0.2, 0.25) is 0 Å². The number of halogens is 2. The number of hydrogen-bond donors (Lipinski definition) is 1. The molecule has 1 amide bonds. The number of carbonyl (C=O) groups is 1. The average Bonchev–Trinajstić information content (AvgIpc) is 3.22. The third-order valence-electron chi connectivity index (χ3n) is 4.77. The van der Waals surface area contributed by atoms with E-state index in [0.29, 0.717) is 16.8 Å². The molecule has 160 valence electrons. The van der Waals surface area contributed by atoms with Crippen molar-refractivity contribution in [3.8, 4) is 16.9 Å². The summed E-state index contributed by atoms with van der Waals surface area (Å²) in [5, 5.41) is 18.8. The summed E-state index contributed by atoms with van der Waals surface area (Å²) in [6.07, 6.45) is 1.75. The van der Waals surface area contributed by atoms with Crippen LogP contribution in [-0.4, -0.2) is 20.6 Å². The molecular formula is C23H16ClFN4O3. The highest BCUT2D eigenvalue weighted by atomic mass is 35.5. The first kappa shape index (κ1) is 21.2. The fourth-order valence-electron chi connectivity index (χ4n) is 3.22. The number of benzene rings is 3. The van der Waals surface area contributed by atoms with Crippen molar-refractivity contribution in [3.63, 3.8) is 0 Å². The monoisotopic (exact) mass is 450 g/mol. The molecular weight excluding hydrogens is 435 g/mol. The van der Waals surface area contributed by atoms with Crippen molar-refractivity contribution in [2.24, 2.45) is 0 Å². The second kappa shape index (κ2) is 8.99. The van der Waals surface area contributed by atoms with E-state index in [9.17, 15) is 19.3 Å². The van der Waals surface area contributed by atoms with Crippen LogP contribution in [0.15, 0.2) is 79.0 Å². The quantitative estimate of drug-likeness (QED) is 0.324. The van der Waals surface area contributed by atoms with Crippen molar-refractivity contribution in [3.05, 3.63) is 111 Å². The van der Waals surface area contributed by atoms with E-state index >= 15 is 0 Å². The number of rotatable bonds is 6. The van der Waals surface area contributed by atoms with Gasteiger partial charge in [0, 0.05) is 35.0 Å². The van der Waals surface area contributed by atoms with Gasteiger partial charge in [-0.3, -0.25) is 14.9 Å². The molecule has 0 aliphatic heterocycles. The minimum Gasteiger partial charge on any atom is -0.348 e. The Bertz CT molecular complexity index is 1290. The van der Waals surface area contributed by atoms with E-state index in [0.717, 1.165) is 11.8 Å². The molecule has 4 aromatic rings. The summed E-state index contributed by atoms with van der Waals surface area (Å²) in [5.41, 5.74) is 2.21. The third-order valence-corrected chi connectivity index (χ3v) is 5.00. The molecule has 7 nitrogen and oxygen atoms in total. The highest BCUT2D eigenvalue weighted by Gasteiger charge is 2.21. The SMILES string of the molecule is O=C(NCc1cn(-c2ccccc2)nc1-c1ccc(F)cc1)c1ccc(Cl)cc1[N+](=O)[O-]. The van der Waals surface area contributed by atoms with Gasteiger partial charge in [0.05, 0.1) is 16.3 Å². The van der Waals surface area contributed by atoms with Crippen LogP contribution in [0.2, 0.25) is 5.02 Å². The molecule has 3 aromatic carbocycles. The minimum atomic E-state index is -0.655. The van der Waals surface area contributed by atoms with Crippen molar-refractivity contribution in [1.82, 2.24) is 15.1 Å². The Balaban J connectivity index is 1.66. The van der Waals surface area contributed by atoms with Crippen LogP contribution in [0.4, 0.5) is 10.1 Å². The number of carbonyl (C=O) groups excluding carboxylic acids is 1. The molecule has 0 fully saturated rings. The summed E-state index contributed by atoms with van der Waals surface area (Å²) in [5.74, 6) is -0.993. The normalized spacial score (nSPS) is 10.7. The number of nitrogens with zero attached hydrogens (tertiary/aromatic N) is 3. The van der Waals surface area contributed by atoms with E-state index in [-0.39, 0.29) is 28.6 Å². The number of amides is 1. The van der Waals surface area contributed by atoms with Gasteiger partial charge in [0.15, 0.2) is 0 Å². The van der Waals surface area contributed by atoms with Gasteiger partial charge < -0.3 is 5.32 Å². The molecule has 0 spiro atoms. The lowest BCUT2D eigenvalue weighted by Gasteiger charge is -2.07.